The average molecular weight is 699 g/mol. The second kappa shape index (κ2) is 12.2. The van der Waals surface area contributed by atoms with Crippen LogP contribution < -0.4 is 9.47 Å². The Hall–Kier alpha value is -4.34. The molecule has 0 saturated carbocycles. The third-order valence-corrected chi connectivity index (χ3v) is 9.68. The largest absolute Gasteiger partial charge is 0.451 e. The van der Waals surface area contributed by atoms with Crippen LogP contribution in [0, 0.1) is 11.7 Å². The second-order valence-corrected chi connectivity index (χ2v) is 13.2. The molecule has 256 valence electrons. The molecule has 2 aromatic carbocycles. The van der Waals surface area contributed by atoms with Gasteiger partial charge in [0.25, 0.3) is 5.79 Å². The molecule has 1 N–H and O–H groups in total. The quantitative estimate of drug-likeness (QED) is 0.191. The van der Waals surface area contributed by atoms with Crippen LogP contribution in [0.25, 0.3) is 22.7 Å². The van der Waals surface area contributed by atoms with Crippen LogP contribution in [-0.2, 0) is 29.8 Å². The monoisotopic (exact) mass is 698 g/mol. The van der Waals surface area contributed by atoms with Crippen molar-refractivity contribution in [3.05, 3.63) is 76.1 Å². The SMILES string of the molecule is CC1(c2ccc(Cl)cc2F)Oc2cccc(C3CCN(Cc4nc5cc(-c6n[nH]c(C(F)(F)F)n6)nnc5n4CC4CCOC4)CC3)c2O1. The van der Waals surface area contributed by atoms with Gasteiger partial charge in [-0.2, -0.15) is 18.3 Å². The molecule has 2 saturated heterocycles. The fourth-order valence-electron chi connectivity index (χ4n) is 6.92. The molecule has 2 fully saturated rings. The minimum Gasteiger partial charge on any atom is -0.444 e. The topological polar surface area (TPSA) is 116 Å². The summed E-state index contributed by atoms with van der Waals surface area (Å²) in [6.45, 7) is 5.76. The normalized spacial score (nSPS) is 21.6. The smallest absolute Gasteiger partial charge is 0.444 e. The van der Waals surface area contributed by atoms with Crippen molar-refractivity contribution in [2.75, 3.05) is 26.3 Å². The number of alkyl halides is 3. The van der Waals surface area contributed by atoms with E-state index in [4.69, 9.17) is 30.8 Å². The summed E-state index contributed by atoms with van der Waals surface area (Å²) in [7, 11) is 0. The van der Waals surface area contributed by atoms with Gasteiger partial charge < -0.3 is 18.8 Å². The van der Waals surface area contributed by atoms with Gasteiger partial charge in [0.15, 0.2) is 17.1 Å². The van der Waals surface area contributed by atoms with Gasteiger partial charge in [0.2, 0.25) is 11.6 Å². The van der Waals surface area contributed by atoms with Gasteiger partial charge in [0, 0.05) is 36.6 Å². The number of H-pyrrole nitrogens is 1. The number of fused-ring (bicyclic) bond motifs is 2. The van der Waals surface area contributed by atoms with E-state index in [1.54, 1.807) is 25.1 Å². The van der Waals surface area contributed by atoms with E-state index < -0.39 is 23.6 Å². The van der Waals surface area contributed by atoms with Crippen LogP contribution >= 0.6 is 11.6 Å². The number of piperidine rings is 1. The van der Waals surface area contributed by atoms with Gasteiger partial charge in [-0.3, -0.25) is 10.00 Å². The molecule has 0 radical (unpaired) electrons. The molecular formula is C33H31ClF4N8O3. The highest BCUT2D eigenvalue weighted by Crippen LogP contribution is 2.50. The van der Waals surface area contributed by atoms with E-state index in [0.29, 0.717) is 54.0 Å². The molecule has 3 aromatic heterocycles. The summed E-state index contributed by atoms with van der Waals surface area (Å²) < 4.78 is 74.4. The third-order valence-electron chi connectivity index (χ3n) is 9.44. The lowest BCUT2D eigenvalue weighted by Crippen LogP contribution is -2.34. The van der Waals surface area contributed by atoms with Gasteiger partial charge in [-0.1, -0.05) is 23.7 Å². The van der Waals surface area contributed by atoms with Crippen molar-refractivity contribution in [1.29, 1.82) is 0 Å². The number of halogens is 5. The minimum atomic E-state index is -4.66. The Morgan fingerprint density at radius 2 is 1.88 bits per heavy atom. The number of rotatable bonds is 7. The summed E-state index contributed by atoms with van der Waals surface area (Å²) in [6, 6.07) is 11.8. The summed E-state index contributed by atoms with van der Waals surface area (Å²) in [5, 5.41) is 14.4. The molecule has 0 aliphatic carbocycles. The van der Waals surface area contributed by atoms with Crippen molar-refractivity contribution in [2.45, 2.75) is 57.2 Å². The first-order valence-electron chi connectivity index (χ1n) is 16.0. The fraction of sp³-hybridized carbons (Fsp3) is 0.424. The molecule has 2 atom stereocenters. The lowest BCUT2D eigenvalue weighted by Gasteiger charge is -2.32. The Morgan fingerprint density at radius 3 is 2.61 bits per heavy atom. The van der Waals surface area contributed by atoms with E-state index in [9.17, 15) is 17.6 Å². The van der Waals surface area contributed by atoms with Crippen molar-refractivity contribution in [3.8, 4) is 23.0 Å². The molecule has 6 heterocycles. The van der Waals surface area contributed by atoms with Crippen LogP contribution in [0.2, 0.25) is 5.02 Å². The van der Waals surface area contributed by atoms with Gasteiger partial charge >= 0.3 is 6.18 Å². The second-order valence-electron chi connectivity index (χ2n) is 12.8. The number of para-hydroxylation sites is 1. The number of imidazole rings is 1. The molecule has 8 rings (SSSR count). The molecule has 2 unspecified atom stereocenters. The van der Waals surface area contributed by atoms with Gasteiger partial charge in [-0.15, -0.1) is 10.2 Å². The zero-order valence-corrected chi connectivity index (χ0v) is 27.1. The molecule has 16 heteroatoms. The molecular weight excluding hydrogens is 668 g/mol. The van der Waals surface area contributed by atoms with E-state index in [0.717, 1.165) is 43.7 Å². The maximum Gasteiger partial charge on any atom is 0.451 e. The summed E-state index contributed by atoms with van der Waals surface area (Å²) in [4.78, 5) is 10.8. The highest BCUT2D eigenvalue weighted by atomic mass is 35.5. The lowest BCUT2D eigenvalue weighted by atomic mass is 9.88. The average Bonchev–Trinajstić information content (AvgIpc) is 3.88. The van der Waals surface area contributed by atoms with E-state index in [1.807, 2.05) is 27.9 Å². The molecule has 11 nitrogen and oxygen atoms in total. The molecule has 3 aliphatic heterocycles. The lowest BCUT2D eigenvalue weighted by molar-refractivity contribution is -0.144. The number of benzene rings is 2. The first-order chi connectivity index (χ1) is 23.5. The van der Waals surface area contributed by atoms with Gasteiger partial charge in [0.1, 0.15) is 22.9 Å². The predicted octanol–water partition coefficient (Wildman–Crippen LogP) is 6.48. The molecule has 49 heavy (non-hydrogen) atoms. The summed E-state index contributed by atoms with van der Waals surface area (Å²) in [5.41, 5.74) is 2.43. The van der Waals surface area contributed by atoms with Gasteiger partial charge in [-0.25, -0.2) is 14.4 Å². The Labute approximate surface area is 282 Å². The Kier molecular flexibility index (Phi) is 7.95. The number of nitrogens with zero attached hydrogens (tertiary/aromatic N) is 7. The number of hydrogen-bond acceptors (Lipinski definition) is 9. The number of ether oxygens (including phenoxy) is 3. The van der Waals surface area contributed by atoms with Crippen molar-refractivity contribution < 1.29 is 31.8 Å². The van der Waals surface area contributed by atoms with Crippen molar-refractivity contribution in [1.82, 2.24) is 39.8 Å². The first-order valence-corrected chi connectivity index (χ1v) is 16.4. The number of likely N-dealkylation sites (tertiary alicyclic amines) is 1. The maximum absolute atomic E-state index is 14.9. The number of hydrogen-bond donors (Lipinski definition) is 1. The fourth-order valence-corrected chi connectivity index (χ4v) is 7.08. The Bertz CT molecular complexity index is 2020. The van der Waals surface area contributed by atoms with Crippen LogP contribution in [0.4, 0.5) is 17.6 Å². The van der Waals surface area contributed by atoms with E-state index in [-0.39, 0.29) is 28.9 Å². The van der Waals surface area contributed by atoms with Gasteiger partial charge in [0.05, 0.1) is 18.7 Å². The highest BCUT2D eigenvalue weighted by Gasteiger charge is 2.43. The standard InChI is InChI=1S/C33H31ClF4N8O3/c1-32(22-6-5-20(34)13-23(22)35)48-26-4-2-3-21(28(26)49-32)19-7-10-45(11-8-19)16-27-39-25-14-24(29-40-31(44-42-29)33(36,37)38)41-43-30(25)46(27)15-18-9-12-47-17-18/h2-6,13-14,18-19H,7-12,15-17H2,1H3,(H,40,42,44). The first kappa shape index (κ1) is 31.9. The zero-order chi connectivity index (χ0) is 33.9. The van der Waals surface area contributed by atoms with Crippen molar-refractivity contribution in [2.24, 2.45) is 5.92 Å². The molecule has 0 amide bonds. The third kappa shape index (κ3) is 6.08. The van der Waals surface area contributed by atoms with Crippen LogP contribution in [0.5, 0.6) is 11.5 Å². The van der Waals surface area contributed by atoms with Crippen molar-refractivity contribution >= 4 is 22.8 Å². The van der Waals surface area contributed by atoms with Crippen LogP contribution in [0.15, 0.2) is 42.5 Å². The number of aromatic nitrogens is 7. The Balaban J connectivity index is 1.01. The summed E-state index contributed by atoms with van der Waals surface area (Å²) in [5.74, 6) is -0.779. The predicted molar refractivity (Wildman–Crippen MR) is 168 cm³/mol. The Morgan fingerprint density at radius 1 is 1.04 bits per heavy atom. The summed E-state index contributed by atoms with van der Waals surface area (Å²) >= 11 is 5.98. The van der Waals surface area contributed by atoms with Crippen molar-refractivity contribution in [3.63, 3.8) is 0 Å². The van der Waals surface area contributed by atoms with E-state index in [2.05, 4.69) is 25.2 Å². The van der Waals surface area contributed by atoms with E-state index in [1.165, 1.54) is 6.07 Å². The molecule has 5 aromatic rings. The highest BCUT2D eigenvalue weighted by molar-refractivity contribution is 6.30. The molecule has 0 spiro atoms. The number of aromatic amines is 1. The van der Waals surface area contributed by atoms with E-state index >= 15 is 0 Å². The van der Waals surface area contributed by atoms with Crippen LogP contribution in [-0.4, -0.2) is 66.1 Å². The number of nitrogens with one attached hydrogen (secondary N) is 1. The zero-order valence-electron chi connectivity index (χ0n) is 26.3. The van der Waals surface area contributed by atoms with Crippen LogP contribution in [0.3, 0.4) is 0 Å². The minimum absolute atomic E-state index is 0.0944. The maximum atomic E-state index is 14.9. The summed E-state index contributed by atoms with van der Waals surface area (Å²) in [6.07, 6.45) is -2.06. The van der Waals surface area contributed by atoms with Gasteiger partial charge in [-0.05, 0) is 68.6 Å². The molecule has 3 aliphatic rings. The van der Waals surface area contributed by atoms with Crippen LogP contribution in [0.1, 0.15) is 54.9 Å². The molecule has 0 bridgehead atoms.